The van der Waals surface area contributed by atoms with Crippen molar-refractivity contribution in [1.82, 2.24) is 0 Å². The van der Waals surface area contributed by atoms with E-state index in [2.05, 4.69) is 33.9 Å². The SMILES string of the molecule is CC(C)(C)[Si](C)(C)OC1CCCC1O. The Hall–Kier alpha value is 0.137. The van der Waals surface area contributed by atoms with Gasteiger partial charge in [0.25, 0.3) is 0 Å². The van der Waals surface area contributed by atoms with Gasteiger partial charge >= 0.3 is 0 Å². The van der Waals surface area contributed by atoms with Gasteiger partial charge in [0.05, 0.1) is 12.2 Å². The molecule has 3 heteroatoms. The predicted molar refractivity (Wildman–Crippen MR) is 61.9 cm³/mol. The number of rotatable bonds is 2. The van der Waals surface area contributed by atoms with E-state index in [1.807, 2.05) is 0 Å². The van der Waals surface area contributed by atoms with Crippen LogP contribution in [0.5, 0.6) is 0 Å². The third kappa shape index (κ3) is 2.58. The van der Waals surface area contributed by atoms with E-state index < -0.39 is 8.32 Å². The van der Waals surface area contributed by atoms with E-state index in [1.165, 1.54) is 0 Å². The molecule has 1 aliphatic rings. The summed E-state index contributed by atoms with van der Waals surface area (Å²) in [4.78, 5) is 0. The van der Waals surface area contributed by atoms with Crippen molar-refractivity contribution < 1.29 is 9.53 Å². The van der Waals surface area contributed by atoms with Gasteiger partial charge in [-0.2, -0.15) is 0 Å². The molecule has 0 saturated heterocycles. The van der Waals surface area contributed by atoms with Crippen LogP contribution in [0.3, 0.4) is 0 Å². The van der Waals surface area contributed by atoms with Crippen molar-refractivity contribution in [3.63, 3.8) is 0 Å². The van der Waals surface area contributed by atoms with Crippen molar-refractivity contribution in [3.05, 3.63) is 0 Å². The van der Waals surface area contributed by atoms with Crippen LogP contribution in [0.25, 0.3) is 0 Å². The van der Waals surface area contributed by atoms with Crippen molar-refractivity contribution in [3.8, 4) is 0 Å². The molecule has 0 radical (unpaired) electrons. The summed E-state index contributed by atoms with van der Waals surface area (Å²) in [5.74, 6) is 0. The summed E-state index contributed by atoms with van der Waals surface area (Å²) in [5, 5.41) is 9.96. The summed E-state index contributed by atoms with van der Waals surface area (Å²) in [6.07, 6.45) is 2.95. The molecule has 0 aliphatic heterocycles. The molecule has 0 aromatic heterocycles. The van der Waals surface area contributed by atoms with Gasteiger partial charge in [-0.3, -0.25) is 0 Å². The lowest BCUT2D eigenvalue weighted by atomic mass is 10.2. The molecular weight excluding hydrogens is 192 g/mol. The van der Waals surface area contributed by atoms with Crippen LogP contribution in [0.4, 0.5) is 0 Å². The van der Waals surface area contributed by atoms with E-state index in [4.69, 9.17) is 4.43 Å². The summed E-state index contributed by atoms with van der Waals surface area (Å²) < 4.78 is 6.16. The van der Waals surface area contributed by atoms with Crippen LogP contribution in [0.1, 0.15) is 40.0 Å². The third-order valence-electron chi connectivity index (χ3n) is 3.67. The molecule has 1 fully saturated rings. The fourth-order valence-electron chi connectivity index (χ4n) is 1.60. The van der Waals surface area contributed by atoms with E-state index in [9.17, 15) is 5.11 Å². The van der Waals surface area contributed by atoms with Crippen molar-refractivity contribution in [2.75, 3.05) is 0 Å². The monoisotopic (exact) mass is 216 g/mol. The van der Waals surface area contributed by atoms with Gasteiger partial charge in [0.1, 0.15) is 0 Å². The molecule has 1 aliphatic carbocycles. The average Bonchev–Trinajstić information content (AvgIpc) is 2.33. The highest BCUT2D eigenvalue weighted by atomic mass is 28.4. The van der Waals surface area contributed by atoms with Crippen LogP contribution in [0.15, 0.2) is 0 Å². The Labute approximate surface area is 88.8 Å². The average molecular weight is 216 g/mol. The van der Waals surface area contributed by atoms with E-state index in [-0.39, 0.29) is 17.2 Å². The van der Waals surface area contributed by atoms with Crippen LogP contribution in [-0.2, 0) is 4.43 Å². The van der Waals surface area contributed by atoms with Gasteiger partial charge in [-0.1, -0.05) is 20.8 Å². The van der Waals surface area contributed by atoms with Gasteiger partial charge in [-0.15, -0.1) is 0 Å². The van der Waals surface area contributed by atoms with E-state index in [0.29, 0.717) is 0 Å². The molecule has 1 rings (SSSR count). The van der Waals surface area contributed by atoms with Crippen molar-refractivity contribution in [2.45, 2.75) is 70.4 Å². The predicted octanol–water partition coefficient (Wildman–Crippen LogP) is 2.92. The van der Waals surface area contributed by atoms with Crippen molar-refractivity contribution in [2.24, 2.45) is 0 Å². The minimum Gasteiger partial charge on any atom is -0.411 e. The highest BCUT2D eigenvalue weighted by Gasteiger charge is 2.41. The minimum atomic E-state index is -1.67. The molecule has 0 aromatic rings. The largest absolute Gasteiger partial charge is 0.411 e. The number of aliphatic hydroxyl groups is 1. The highest BCUT2D eigenvalue weighted by molar-refractivity contribution is 6.74. The van der Waals surface area contributed by atoms with Crippen LogP contribution < -0.4 is 0 Å². The van der Waals surface area contributed by atoms with Crippen LogP contribution in [-0.4, -0.2) is 25.6 Å². The standard InChI is InChI=1S/C11H24O2Si/c1-11(2,3)14(4,5)13-10-8-6-7-9(10)12/h9-10,12H,6-8H2,1-5H3. The second kappa shape index (κ2) is 3.95. The Morgan fingerprint density at radius 1 is 1.21 bits per heavy atom. The number of aliphatic hydroxyl groups excluding tert-OH is 1. The molecule has 0 aromatic carbocycles. The zero-order valence-electron chi connectivity index (χ0n) is 10.1. The third-order valence-corrected chi connectivity index (χ3v) is 8.17. The maximum absolute atomic E-state index is 9.72. The quantitative estimate of drug-likeness (QED) is 0.719. The molecule has 2 atom stereocenters. The fourth-order valence-corrected chi connectivity index (χ4v) is 2.98. The first-order chi connectivity index (χ1) is 6.24. The molecule has 0 amide bonds. The Balaban J connectivity index is 2.58. The van der Waals surface area contributed by atoms with Crippen LogP contribution in [0.2, 0.25) is 18.1 Å². The second-order valence-electron chi connectivity index (χ2n) is 5.91. The maximum Gasteiger partial charge on any atom is 0.192 e. The first-order valence-corrected chi connectivity index (χ1v) is 8.51. The smallest absolute Gasteiger partial charge is 0.192 e. The molecule has 0 heterocycles. The molecule has 1 saturated carbocycles. The molecule has 0 spiro atoms. The number of hydrogen-bond acceptors (Lipinski definition) is 2. The van der Waals surface area contributed by atoms with Gasteiger partial charge in [-0.05, 0) is 37.4 Å². The first kappa shape index (κ1) is 12.2. The molecule has 2 unspecified atom stereocenters. The van der Waals surface area contributed by atoms with Gasteiger partial charge in [0, 0.05) is 0 Å². The minimum absolute atomic E-state index is 0.107. The molecule has 0 bridgehead atoms. The lowest BCUT2D eigenvalue weighted by Gasteiger charge is -2.39. The summed E-state index contributed by atoms with van der Waals surface area (Å²) in [7, 11) is -1.67. The van der Waals surface area contributed by atoms with Gasteiger partial charge in [0.15, 0.2) is 8.32 Å². The Kier molecular flexibility index (Phi) is 3.44. The first-order valence-electron chi connectivity index (χ1n) is 5.60. The zero-order valence-corrected chi connectivity index (χ0v) is 11.1. The molecule has 2 nitrogen and oxygen atoms in total. The van der Waals surface area contributed by atoms with Crippen LogP contribution in [0, 0.1) is 0 Å². The Morgan fingerprint density at radius 2 is 1.79 bits per heavy atom. The van der Waals surface area contributed by atoms with Gasteiger partial charge in [-0.25, -0.2) is 0 Å². The summed E-state index contributed by atoms with van der Waals surface area (Å²) in [6, 6.07) is 0. The lowest BCUT2D eigenvalue weighted by Crippen LogP contribution is -2.45. The zero-order chi connectivity index (χ0) is 11.0. The summed E-state index contributed by atoms with van der Waals surface area (Å²) >= 11 is 0. The normalized spacial score (nSPS) is 29.6. The maximum atomic E-state index is 9.72. The number of hydrogen-bond donors (Lipinski definition) is 1. The summed E-state index contributed by atoms with van der Waals surface area (Å²) in [5.41, 5.74) is 0. The molecular formula is C11H24O2Si. The Bertz CT molecular complexity index is 196. The van der Waals surface area contributed by atoms with Gasteiger partial charge < -0.3 is 9.53 Å². The lowest BCUT2D eigenvalue weighted by molar-refractivity contribution is 0.0512. The van der Waals surface area contributed by atoms with Crippen LogP contribution >= 0.6 is 0 Å². The van der Waals surface area contributed by atoms with E-state index >= 15 is 0 Å². The molecule has 1 N–H and O–H groups in total. The van der Waals surface area contributed by atoms with E-state index in [1.54, 1.807) is 0 Å². The van der Waals surface area contributed by atoms with Crippen molar-refractivity contribution in [1.29, 1.82) is 0 Å². The molecule has 84 valence electrons. The van der Waals surface area contributed by atoms with Gasteiger partial charge in [0.2, 0.25) is 0 Å². The topological polar surface area (TPSA) is 29.5 Å². The van der Waals surface area contributed by atoms with Crippen molar-refractivity contribution >= 4 is 8.32 Å². The Morgan fingerprint density at radius 3 is 2.14 bits per heavy atom. The molecule has 14 heavy (non-hydrogen) atoms. The fraction of sp³-hybridized carbons (Fsp3) is 1.00. The second-order valence-corrected chi connectivity index (χ2v) is 10.7. The highest BCUT2D eigenvalue weighted by Crippen LogP contribution is 2.39. The van der Waals surface area contributed by atoms with E-state index in [0.717, 1.165) is 19.3 Å². The summed E-state index contributed by atoms with van der Waals surface area (Å²) in [6.45, 7) is 11.2.